The fourth-order valence-corrected chi connectivity index (χ4v) is 3.24. The third-order valence-corrected chi connectivity index (χ3v) is 4.79. The predicted molar refractivity (Wildman–Crippen MR) is 103 cm³/mol. The maximum Gasteiger partial charge on any atom is 0.227 e. The monoisotopic (exact) mass is 335 g/mol. The van der Waals surface area contributed by atoms with E-state index in [4.69, 9.17) is 0 Å². The van der Waals surface area contributed by atoms with Crippen molar-refractivity contribution < 1.29 is 4.79 Å². The number of anilines is 3. The van der Waals surface area contributed by atoms with Gasteiger partial charge in [0.15, 0.2) is 0 Å². The minimum atomic E-state index is 0.157. The number of pyridine rings is 1. The number of rotatable bonds is 6. The molecular formula is C21H25N3O. The largest absolute Gasteiger partial charge is 0.338 e. The number of hydrogen-bond acceptors (Lipinski definition) is 3. The molecule has 0 radical (unpaired) electrons. The van der Waals surface area contributed by atoms with E-state index in [1.165, 1.54) is 0 Å². The molecule has 0 aliphatic carbocycles. The summed E-state index contributed by atoms with van der Waals surface area (Å²) in [6, 6.07) is 11.9. The number of amides is 1. The lowest BCUT2D eigenvalue weighted by atomic mass is 9.99. The van der Waals surface area contributed by atoms with Gasteiger partial charge in [-0.15, -0.1) is 6.58 Å². The number of para-hydroxylation sites is 2. The van der Waals surface area contributed by atoms with E-state index >= 15 is 0 Å². The van der Waals surface area contributed by atoms with Crippen LogP contribution in [0.4, 0.5) is 17.2 Å². The number of fused-ring (bicyclic) bond motifs is 2. The first kappa shape index (κ1) is 17.2. The maximum atomic E-state index is 12.9. The summed E-state index contributed by atoms with van der Waals surface area (Å²) in [5, 5.41) is 3.36. The molecule has 2 aromatic rings. The first-order valence-corrected chi connectivity index (χ1v) is 8.95. The van der Waals surface area contributed by atoms with E-state index in [1.54, 1.807) is 6.20 Å². The molecular weight excluding hydrogens is 310 g/mol. The Labute approximate surface area is 149 Å². The van der Waals surface area contributed by atoms with Gasteiger partial charge in [0.2, 0.25) is 5.91 Å². The molecule has 1 aliphatic rings. The Morgan fingerprint density at radius 1 is 1.36 bits per heavy atom. The summed E-state index contributed by atoms with van der Waals surface area (Å²) >= 11 is 0. The minimum Gasteiger partial charge on any atom is -0.338 e. The van der Waals surface area contributed by atoms with Crippen molar-refractivity contribution >= 4 is 23.1 Å². The Morgan fingerprint density at radius 3 is 3.00 bits per heavy atom. The van der Waals surface area contributed by atoms with Crippen LogP contribution in [0.25, 0.3) is 0 Å². The van der Waals surface area contributed by atoms with Crippen LogP contribution in [-0.2, 0) is 11.3 Å². The van der Waals surface area contributed by atoms with Gasteiger partial charge in [0.25, 0.3) is 0 Å². The van der Waals surface area contributed by atoms with E-state index in [0.717, 1.165) is 42.0 Å². The summed E-state index contributed by atoms with van der Waals surface area (Å²) in [5.74, 6) is 1.48. The first-order valence-electron chi connectivity index (χ1n) is 8.95. The lowest BCUT2D eigenvalue weighted by Gasteiger charge is -2.23. The average Bonchev–Trinajstić information content (AvgIpc) is 2.81. The van der Waals surface area contributed by atoms with Gasteiger partial charge >= 0.3 is 0 Å². The fourth-order valence-electron chi connectivity index (χ4n) is 3.24. The highest BCUT2D eigenvalue weighted by atomic mass is 16.2. The molecule has 4 nitrogen and oxygen atoms in total. The van der Waals surface area contributed by atoms with Gasteiger partial charge < -0.3 is 10.2 Å². The highest BCUT2D eigenvalue weighted by Crippen LogP contribution is 2.35. The van der Waals surface area contributed by atoms with E-state index in [-0.39, 0.29) is 5.91 Å². The Bertz CT molecular complexity index is 756. The molecule has 1 N–H and O–H groups in total. The van der Waals surface area contributed by atoms with Crippen molar-refractivity contribution in [1.29, 1.82) is 0 Å². The van der Waals surface area contributed by atoms with Gasteiger partial charge in [0.05, 0.1) is 17.9 Å². The van der Waals surface area contributed by atoms with Crippen LogP contribution in [0, 0.1) is 5.92 Å². The van der Waals surface area contributed by atoms with Crippen LogP contribution in [0.15, 0.2) is 55.3 Å². The molecule has 25 heavy (non-hydrogen) atoms. The van der Waals surface area contributed by atoms with Crippen molar-refractivity contribution in [2.75, 3.05) is 10.2 Å². The van der Waals surface area contributed by atoms with Crippen molar-refractivity contribution in [3.8, 4) is 0 Å². The van der Waals surface area contributed by atoms with E-state index in [1.807, 2.05) is 47.4 Å². The van der Waals surface area contributed by atoms with Crippen molar-refractivity contribution in [2.24, 2.45) is 5.92 Å². The topological polar surface area (TPSA) is 45.2 Å². The van der Waals surface area contributed by atoms with Crippen molar-refractivity contribution in [3.63, 3.8) is 0 Å². The zero-order valence-electron chi connectivity index (χ0n) is 14.7. The van der Waals surface area contributed by atoms with Crippen LogP contribution < -0.4 is 10.2 Å². The number of carbonyl (C=O) groups excluding carboxylic acids is 1. The summed E-state index contributed by atoms with van der Waals surface area (Å²) in [6.45, 7) is 6.58. The van der Waals surface area contributed by atoms with Gasteiger partial charge in [0, 0.05) is 18.2 Å². The van der Waals surface area contributed by atoms with Crippen LogP contribution in [0.5, 0.6) is 0 Å². The zero-order valence-corrected chi connectivity index (χ0v) is 14.7. The third kappa shape index (κ3) is 3.90. The second-order valence-electron chi connectivity index (χ2n) is 6.43. The molecule has 4 heteroatoms. The van der Waals surface area contributed by atoms with Crippen molar-refractivity contribution in [3.05, 3.63) is 60.8 Å². The van der Waals surface area contributed by atoms with Gasteiger partial charge in [-0.25, -0.2) is 4.98 Å². The molecule has 0 fully saturated rings. The van der Waals surface area contributed by atoms with Gasteiger partial charge in [-0.2, -0.15) is 0 Å². The summed E-state index contributed by atoms with van der Waals surface area (Å²) in [7, 11) is 0. The Kier molecular flexibility index (Phi) is 5.49. The molecule has 1 aromatic carbocycles. The van der Waals surface area contributed by atoms with Gasteiger partial charge in [-0.1, -0.05) is 31.2 Å². The standard InChI is InChI=1S/C21H25N3O/c1-3-16(4-2)9-7-13-20(25)24-15-17-10-8-14-22-21(17)23-18-11-5-6-12-19(18)24/h3,5-6,8,10-12,14,16H,1,4,7,9,13,15H2,2H3,(H,22,23). The lowest BCUT2D eigenvalue weighted by molar-refractivity contribution is -0.118. The van der Waals surface area contributed by atoms with Crippen molar-refractivity contribution in [2.45, 2.75) is 39.2 Å². The molecule has 130 valence electrons. The third-order valence-electron chi connectivity index (χ3n) is 4.79. The molecule has 1 unspecified atom stereocenters. The Morgan fingerprint density at radius 2 is 2.20 bits per heavy atom. The molecule has 0 saturated carbocycles. The van der Waals surface area contributed by atoms with Crippen LogP contribution in [0.2, 0.25) is 0 Å². The molecule has 1 amide bonds. The SMILES string of the molecule is C=CC(CC)CCCC(=O)N1Cc2cccnc2Nc2ccccc21. The molecule has 1 aromatic heterocycles. The summed E-state index contributed by atoms with van der Waals surface area (Å²) < 4.78 is 0. The number of hydrogen-bond donors (Lipinski definition) is 1. The fraction of sp³-hybridized carbons (Fsp3) is 0.333. The quantitative estimate of drug-likeness (QED) is 0.751. The molecule has 0 saturated heterocycles. The first-order chi connectivity index (χ1) is 12.2. The summed E-state index contributed by atoms with van der Waals surface area (Å²) in [6.07, 6.45) is 7.29. The highest BCUT2D eigenvalue weighted by molar-refractivity contribution is 5.98. The van der Waals surface area contributed by atoms with Gasteiger partial charge in [-0.3, -0.25) is 4.79 Å². The smallest absolute Gasteiger partial charge is 0.227 e. The molecule has 1 aliphatic heterocycles. The lowest BCUT2D eigenvalue weighted by Crippen LogP contribution is -2.29. The Balaban J connectivity index is 1.79. The molecule has 0 spiro atoms. The average molecular weight is 335 g/mol. The molecule has 2 heterocycles. The van der Waals surface area contributed by atoms with Gasteiger partial charge in [-0.05, 0) is 43.4 Å². The van der Waals surface area contributed by atoms with E-state index in [9.17, 15) is 4.79 Å². The molecule has 3 rings (SSSR count). The molecule has 0 bridgehead atoms. The van der Waals surface area contributed by atoms with E-state index < -0.39 is 0 Å². The van der Waals surface area contributed by atoms with Crippen LogP contribution in [0.1, 0.15) is 38.2 Å². The Hall–Kier alpha value is -2.62. The van der Waals surface area contributed by atoms with Crippen LogP contribution in [-0.4, -0.2) is 10.9 Å². The normalized spacial score (nSPS) is 13.9. The minimum absolute atomic E-state index is 0.157. The van der Waals surface area contributed by atoms with Crippen LogP contribution >= 0.6 is 0 Å². The summed E-state index contributed by atoms with van der Waals surface area (Å²) in [5.41, 5.74) is 2.87. The van der Waals surface area contributed by atoms with E-state index in [0.29, 0.717) is 18.9 Å². The van der Waals surface area contributed by atoms with Gasteiger partial charge in [0.1, 0.15) is 5.82 Å². The number of benzene rings is 1. The number of carbonyl (C=O) groups is 1. The summed E-state index contributed by atoms with van der Waals surface area (Å²) in [4.78, 5) is 19.2. The number of allylic oxidation sites excluding steroid dienone is 1. The van der Waals surface area contributed by atoms with Crippen molar-refractivity contribution in [1.82, 2.24) is 4.98 Å². The molecule has 1 atom stereocenters. The number of nitrogens with zero attached hydrogens (tertiary/aromatic N) is 2. The highest BCUT2D eigenvalue weighted by Gasteiger charge is 2.23. The second kappa shape index (κ2) is 7.97. The number of aromatic nitrogens is 1. The van der Waals surface area contributed by atoms with Crippen LogP contribution in [0.3, 0.4) is 0 Å². The zero-order chi connectivity index (χ0) is 17.6. The predicted octanol–water partition coefficient (Wildman–Crippen LogP) is 5.05. The second-order valence-corrected chi connectivity index (χ2v) is 6.43. The maximum absolute atomic E-state index is 12.9. The number of nitrogens with one attached hydrogen (secondary N) is 1. The van der Waals surface area contributed by atoms with E-state index in [2.05, 4.69) is 23.8 Å².